The Balaban J connectivity index is 2.93. The second-order valence-electron chi connectivity index (χ2n) is 6.48. The van der Waals surface area contributed by atoms with E-state index in [0.29, 0.717) is 12.8 Å². The molecule has 0 saturated carbocycles. The van der Waals surface area contributed by atoms with Gasteiger partial charge in [0.05, 0.1) is 0 Å². The summed E-state index contributed by atoms with van der Waals surface area (Å²) in [5.41, 5.74) is -0.516. The van der Waals surface area contributed by atoms with E-state index >= 15 is 0 Å². The first kappa shape index (κ1) is 21.0. The highest BCUT2D eigenvalue weighted by Gasteiger charge is 2.25. The van der Waals surface area contributed by atoms with Gasteiger partial charge in [-0.2, -0.15) is 0 Å². The monoisotopic (exact) mass is 350 g/mol. The van der Waals surface area contributed by atoms with E-state index in [1.165, 1.54) is 0 Å². The van der Waals surface area contributed by atoms with Crippen molar-refractivity contribution in [2.45, 2.75) is 78.1 Å². The summed E-state index contributed by atoms with van der Waals surface area (Å²) in [5.74, 6) is -2.40. The van der Waals surface area contributed by atoms with Crippen LogP contribution in [-0.2, 0) is 0 Å². The van der Waals surface area contributed by atoms with Crippen LogP contribution >= 0.6 is 0 Å². The molecule has 0 spiro atoms. The zero-order chi connectivity index (χ0) is 18.8. The van der Waals surface area contributed by atoms with Crippen LogP contribution in [0.5, 0.6) is 17.2 Å². The Morgan fingerprint density at radius 1 is 0.720 bits per heavy atom. The normalized spacial score (nSPS) is 10.8. The van der Waals surface area contributed by atoms with Gasteiger partial charge in [0.25, 0.3) is 0 Å². The number of hydrogen-bond acceptors (Lipinski definition) is 5. The Morgan fingerprint density at radius 3 is 1.48 bits per heavy atom. The predicted molar refractivity (Wildman–Crippen MR) is 97.6 cm³/mol. The van der Waals surface area contributed by atoms with Gasteiger partial charge in [-0.3, -0.25) is 9.59 Å². The summed E-state index contributed by atoms with van der Waals surface area (Å²) in [6, 6.07) is 0.971. The molecule has 1 aromatic rings. The minimum Gasteiger partial charge on any atom is -0.507 e. The lowest BCUT2D eigenvalue weighted by Gasteiger charge is -2.12. The lowest BCUT2D eigenvalue weighted by Crippen LogP contribution is -2.06. The number of carbonyl (C=O) groups excluding carboxylic acids is 2. The van der Waals surface area contributed by atoms with E-state index in [2.05, 4.69) is 13.8 Å². The van der Waals surface area contributed by atoms with E-state index in [0.717, 1.165) is 44.6 Å². The van der Waals surface area contributed by atoms with E-state index in [1.54, 1.807) is 0 Å². The number of rotatable bonds is 12. The molecule has 0 unspecified atom stereocenters. The third kappa shape index (κ3) is 6.07. The van der Waals surface area contributed by atoms with Crippen LogP contribution in [0.15, 0.2) is 6.07 Å². The van der Waals surface area contributed by atoms with Gasteiger partial charge in [-0.1, -0.05) is 52.4 Å². The van der Waals surface area contributed by atoms with Gasteiger partial charge in [0, 0.05) is 18.9 Å². The molecule has 5 nitrogen and oxygen atoms in total. The summed E-state index contributed by atoms with van der Waals surface area (Å²) in [5, 5.41) is 30.2. The molecule has 0 amide bonds. The van der Waals surface area contributed by atoms with Crippen molar-refractivity contribution in [3.63, 3.8) is 0 Å². The summed E-state index contributed by atoms with van der Waals surface area (Å²) in [6.45, 7) is 4.13. The molecule has 0 bridgehead atoms. The number of hydrogen-bond donors (Lipinski definition) is 3. The van der Waals surface area contributed by atoms with E-state index in [1.807, 2.05) is 0 Å². The maximum Gasteiger partial charge on any atom is 0.170 e. The first-order valence-corrected chi connectivity index (χ1v) is 9.28. The highest BCUT2D eigenvalue weighted by atomic mass is 16.3. The molecule has 1 rings (SSSR count). The van der Waals surface area contributed by atoms with Crippen LogP contribution < -0.4 is 0 Å². The van der Waals surface area contributed by atoms with E-state index in [9.17, 15) is 24.9 Å². The van der Waals surface area contributed by atoms with Crippen molar-refractivity contribution in [2.24, 2.45) is 0 Å². The number of phenols is 3. The molecule has 0 saturated heterocycles. The Kier molecular flexibility index (Phi) is 9.03. The molecule has 0 aliphatic rings. The molecule has 0 aliphatic heterocycles. The van der Waals surface area contributed by atoms with Crippen LogP contribution in [0.25, 0.3) is 0 Å². The minimum atomic E-state index is -0.599. The van der Waals surface area contributed by atoms with E-state index in [-0.39, 0.29) is 24.0 Å². The minimum absolute atomic E-state index is 0.191. The quantitative estimate of drug-likeness (QED) is 0.360. The van der Waals surface area contributed by atoms with Gasteiger partial charge < -0.3 is 15.3 Å². The summed E-state index contributed by atoms with van der Waals surface area (Å²) in [7, 11) is 0. The molecule has 25 heavy (non-hydrogen) atoms. The van der Waals surface area contributed by atoms with Gasteiger partial charge in [-0.15, -0.1) is 0 Å². The van der Waals surface area contributed by atoms with Gasteiger partial charge in [0.2, 0.25) is 0 Å². The molecule has 140 valence electrons. The Labute approximate surface area is 149 Å². The summed E-state index contributed by atoms with van der Waals surface area (Å²) >= 11 is 0. The molecule has 0 heterocycles. The van der Waals surface area contributed by atoms with Crippen molar-refractivity contribution >= 4 is 11.6 Å². The largest absolute Gasteiger partial charge is 0.507 e. The molecule has 3 N–H and O–H groups in total. The van der Waals surface area contributed by atoms with Gasteiger partial charge in [-0.25, -0.2) is 0 Å². The number of benzene rings is 1. The van der Waals surface area contributed by atoms with Gasteiger partial charge in [0.15, 0.2) is 11.6 Å². The van der Waals surface area contributed by atoms with Crippen LogP contribution in [0.3, 0.4) is 0 Å². The van der Waals surface area contributed by atoms with Crippen LogP contribution in [0, 0.1) is 0 Å². The predicted octanol–water partition coefficient (Wildman–Crippen LogP) is 5.11. The number of phenolic OH excluding ortho intramolecular Hbond substituents is 3. The lowest BCUT2D eigenvalue weighted by atomic mass is 9.95. The number of Topliss-reactive ketones (excluding diaryl/α,β-unsaturated/α-hetero) is 2. The van der Waals surface area contributed by atoms with Crippen LogP contribution in [-0.4, -0.2) is 26.9 Å². The van der Waals surface area contributed by atoms with Gasteiger partial charge in [-0.05, 0) is 12.8 Å². The third-order valence-corrected chi connectivity index (χ3v) is 4.33. The smallest absolute Gasteiger partial charge is 0.170 e. The van der Waals surface area contributed by atoms with E-state index in [4.69, 9.17) is 0 Å². The van der Waals surface area contributed by atoms with Crippen molar-refractivity contribution in [2.75, 3.05) is 0 Å². The van der Waals surface area contributed by atoms with Crippen molar-refractivity contribution in [3.05, 3.63) is 17.2 Å². The van der Waals surface area contributed by atoms with Crippen molar-refractivity contribution < 1.29 is 24.9 Å². The molecule has 0 aromatic heterocycles. The van der Waals surface area contributed by atoms with Crippen LogP contribution in [0.4, 0.5) is 0 Å². The molecule has 0 radical (unpaired) electrons. The Hall–Kier alpha value is -2.04. The maximum atomic E-state index is 12.3. The van der Waals surface area contributed by atoms with Crippen LogP contribution in [0.1, 0.15) is 98.8 Å². The SMILES string of the molecule is CCCCCCC(=O)c1c(O)cc(O)c(C(=O)CCCCCC)c1O. The standard InChI is InChI=1S/C20H30O5/c1-3-5-7-9-11-14(21)18-16(23)13-17(24)19(20(18)25)15(22)12-10-8-6-4-2/h13,23-25H,3-12H2,1-2H3. The topological polar surface area (TPSA) is 94.8 Å². The molecule has 1 aromatic carbocycles. The first-order valence-electron chi connectivity index (χ1n) is 9.28. The molecule has 0 aliphatic carbocycles. The van der Waals surface area contributed by atoms with Crippen LogP contribution in [0.2, 0.25) is 0 Å². The number of carbonyl (C=O) groups is 2. The van der Waals surface area contributed by atoms with Crippen molar-refractivity contribution in [1.82, 2.24) is 0 Å². The third-order valence-electron chi connectivity index (χ3n) is 4.33. The fourth-order valence-electron chi connectivity index (χ4n) is 2.87. The number of unbranched alkanes of at least 4 members (excludes halogenated alkanes) is 6. The maximum absolute atomic E-state index is 12.3. The van der Waals surface area contributed by atoms with E-state index < -0.39 is 28.8 Å². The lowest BCUT2D eigenvalue weighted by molar-refractivity contribution is 0.0971. The average Bonchev–Trinajstić information content (AvgIpc) is 2.55. The van der Waals surface area contributed by atoms with Crippen molar-refractivity contribution in [3.8, 4) is 17.2 Å². The second-order valence-corrected chi connectivity index (χ2v) is 6.48. The van der Waals surface area contributed by atoms with Gasteiger partial charge >= 0.3 is 0 Å². The highest BCUT2D eigenvalue weighted by Crippen LogP contribution is 2.39. The molecular weight excluding hydrogens is 320 g/mol. The fourth-order valence-corrected chi connectivity index (χ4v) is 2.87. The number of ketones is 2. The number of aromatic hydroxyl groups is 3. The average molecular weight is 350 g/mol. The van der Waals surface area contributed by atoms with Gasteiger partial charge in [0.1, 0.15) is 28.4 Å². The summed E-state index contributed by atoms with van der Waals surface area (Å²) in [6.07, 6.45) is 7.60. The summed E-state index contributed by atoms with van der Waals surface area (Å²) in [4.78, 5) is 24.6. The molecule has 0 atom stereocenters. The zero-order valence-corrected chi connectivity index (χ0v) is 15.3. The highest BCUT2D eigenvalue weighted by molar-refractivity contribution is 6.08. The second kappa shape index (κ2) is 10.7. The molecule has 0 fully saturated rings. The zero-order valence-electron chi connectivity index (χ0n) is 15.3. The molecular formula is C20H30O5. The summed E-state index contributed by atoms with van der Waals surface area (Å²) < 4.78 is 0. The molecule has 5 heteroatoms. The Bertz CT molecular complexity index is 544. The van der Waals surface area contributed by atoms with Crippen molar-refractivity contribution in [1.29, 1.82) is 0 Å². The fraction of sp³-hybridized carbons (Fsp3) is 0.600. The Morgan fingerprint density at radius 2 is 1.12 bits per heavy atom. The first-order chi connectivity index (χ1) is 11.9.